The Hall–Kier alpha value is -1.93. The van der Waals surface area contributed by atoms with Gasteiger partial charge in [0.2, 0.25) is 0 Å². The molecule has 19 heavy (non-hydrogen) atoms. The second-order valence-electron chi connectivity index (χ2n) is 3.54. The zero-order valence-electron chi connectivity index (χ0n) is 9.33. The van der Waals surface area contributed by atoms with Gasteiger partial charge in [0.05, 0.1) is 11.3 Å². The zero-order chi connectivity index (χ0) is 14.0. The number of hydrogen-bond acceptors (Lipinski definition) is 4. The molecule has 5 nitrogen and oxygen atoms in total. The van der Waals surface area contributed by atoms with Gasteiger partial charge in [-0.1, -0.05) is 6.07 Å². The number of nitrogens with one attached hydrogen (secondary N) is 1. The minimum atomic E-state index is -3.77. The monoisotopic (exact) mass is 301 g/mol. The van der Waals surface area contributed by atoms with Crippen molar-refractivity contribution >= 4 is 33.0 Å². The minimum absolute atomic E-state index is 0.0316. The van der Waals surface area contributed by atoms with Crippen LogP contribution in [0.1, 0.15) is 10.4 Å². The summed E-state index contributed by atoms with van der Waals surface area (Å²) in [4.78, 5) is 10.6. The second-order valence-corrected chi connectivity index (χ2v) is 6.39. The van der Waals surface area contributed by atoms with Gasteiger partial charge in [-0.15, -0.1) is 11.3 Å². The summed E-state index contributed by atoms with van der Waals surface area (Å²) in [6, 6.07) is 6.01. The molecule has 2 N–H and O–H groups in total. The minimum Gasteiger partial charge on any atom is -0.478 e. The van der Waals surface area contributed by atoms with E-state index in [2.05, 4.69) is 4.72 Å². The van der Waals surface area contributed by atoms with E-state index in [1.165, 1.54) is 12.1 Å². The maximum atomic E-state index is 13.4. The molecule has 0 aliphatic carbocycles. The van der Waals surface area contributed by atoms with Gasteiger partial charge in [0.15, 0.2) is 0 Å². The smallest absolute Gasteiger partial charge is 0.338 e. The Morgan fingerprint density at radius 1 is 1.32 bits per heavy atom. The Morgan fingerprint density at radius 3 is 2.58 bits per heavy atom. The summed E-state index contributed by atoms with van der Waals surface area (Å²) in [6.45, 7) is 0. The summed E-state index contributed by atoms with van der Waals surface area (Å²) >= 11 is 1.02. The molecule has 0 saturated heterocycles. The second kappa shape index (κ2) is 4.98. The van der Waals surface area contributed by atoms with Crippen LogP contribution in [0.25, 0.3) is 0 Å². The van der Waals surface area contributed by atoms with Gasteiger partial charge in [0.1, 0.15) is 10.0 Å². The Bertz CT molecular complexity index is 710. The number of sulfonamides is 1. The zero-order valence-corrected chi connectivity index (χ0v) is 11.0. The fraction of sp³-hybridized carbons (Fsp3) is 0. The lowest BCUT2D eigenvalue weighted by Gasteiger charge is -2.07. The highest BCUT2D eigenvalue weighted by atomic mass is 32.2. The van der Waals surface area contributed by atoms with Crippen molar-refractivity contribution in [3.05, 3.63) is 47.1 Å². The van der Waals surface area contributed by atoms with Gasteiger partial charge in [-0.2, -0.15) is 0 Å². The molecular weight excluding hydrogens is 293 g/mol. The average molecular weight is 301 g/mol. The number of benzene rings is 1. The molecule has 8 heteroatoms. The first-order chi connectivity index (χ1) is 8.90. The Balaban J connectivity index is 2.30. The van der Waals surface area contributed by atoms with E-state index < -0.39 is 27.4 Å². The molecule has 2 rings (SSSR count). The summed E-state index contributed by atoms with van der Waals surface area (Å²) in [5.74, 6) is -2.41. The average Bonchev–Trinajstić information content (AvgIpc) is 2.81. The van der Waals surface area contributed by atoms with Crippen molar-refractivity contribution in [3.8, 4) is 0 Å². The summed E-state index contributed by atoms with van der Waals surface area (Å²) in [5, 5.41) is 10.3. The predicted octanol–water partition coefficient (Wildman–Crippen LogP) is 2.39. The van der Waals surface area contributed by atoms with Crippen LogP contribution < -0.4 is 4.72 Å². The van der Waals surface area contributed by atoms with Crippen molar-refractivity contribution < 1.29 is 22.7 Å². The number of hydrogen-bond donors (Lipinski definition) is 2. The van der Waals surface area contributed by atoms with Crippen LogP contribution in [0.4, 0.5) is 10.1 Å². The lowest BCUT2D eigenvalue weighted by atomic mass is 10.2. The molecule has 0 bridgehead atoms. The van der Waals surface area contributed by atoms with Crippen LogP contribution in [0.5, 0.6) is 0 Å². The SMILES string of the molecule is O=C(O)c1ccc(NS(=O)(=O)c2cccs2)cc1F. The number of rotatable bonds is 4. The topological polar surface area (TPSA) is 83.5 Å². The third-order valence-corrected chi connectivity index (χ3v) is 4.99. The van der Waals surface area contributed by atoms with Gasteiger partial charge >= 0.3 is 5.97 Å². The number of thiophene rings is 1. The molecule has 100 valence electrons. The number of halogens is 1. The number of carboxylic acids is 1. The van der Waals surface area contributed by atoms with Gasteiger partial charge in [0, 0.05) is 0 Å². The lowest BCUT2D eigenvalue weighted by molar-refractivity contribution is 0.0692. The fourth-order valence-corrected chi connectivity index (χ4v) is 3.42. The normalized spacial score (nSPS) is 11.2. The lowest BCUT2D eigenvalue weighted by Crippen LogP contribution is -2.12. The molecule has 1 aromatic heterocycles. The van der Waals surface area contributed by atoms with Gasteiger partial charge < -0.3 is 5.11 Å². The first-order valence-electron chi connectivity index (χ1n) is 4.99. The quantitative estimate of drug-likeness (QED) is 0.908. The third kappa shape index (κ3) is 2.91. The molecule has 0 saturated carbocycles. The van der Waals surface area contributed by atoms with Crippen molar-refractivity contribution in [1.82, 2.24) is 0 Å². The van der Waals surface area contributed by atoms with Crippen LogP contribution in [0.3, 0.4) is 0 Å². The van der Waals surface area contributed by atoms with Crippen LogP contribution in [0.2, 0.25) is 0 Å². The van der Waals surface area contributed by atoms with Crippen molar-refractivity contribution in [3.63, 3.8) is 0 Å². The van der Waals surface area contributed by atoms with E-state index in [0.717, 1.165) is 23.5 Å². The predicted molar refractivity (Wildman–Crippen MR) is 68.5 cm³/mol. The Kier molecular flexibility index (Phi) is 3.54. The number of anilines is 1. The number of aromatic carboxylic acids is 1. The Labute approximate surface area is 112 Å². The number of carboxylic acid groups (broad SMARTS) is 1. The van der Waals surface area contributed by atoms with Crippen LogP contribution in [-0.4, -0.2) is 19.5 Å². The third-order valence-electron chi connectivity index (χ3n) is 2.21. The summed E-state index contributed by atoms with van der Waals surface area (Å²) in [5.41, 5.74) is -0.546. The van der Waals surface area contributed by atoms with Gasteiger partial charge in [0.25, 0.3) is 10.0 Å². The first-order valence-corrected chi connectivity index (χ1v) is 7.35. The van der Waals surface area contributed by atoms with Crippen LogP contribution >= 0.6 is 11.3 Å². The molecular formula is C11H8FNO4S2. The highest BCUT2D eigenvalue weighted by Gasteiger charge is 2.17. The first kappa shape index (κ1) is 13.5. The molecule has 2 aromatic rings. The van der Waals surface area contributed by atoms with E-state index in [4.69, 9.17) is 5.11 Å². The van der Waals surface area contributed by atoms with E-state index in [0.29, 0.717) is 0 Å². The van der Waals surface area contributed by atoms with Crippen LogP contribution in [0, 0.1) is 5.82 Å². The van der Waals surface area contributed by atoms with Crippen molar-refractivity contribution in [2.45, 2.75) is 4.21 Å². The van der Waals surface area contributed by atoms with Crippen molar-refractivity contribution in [2.75, 3.05) is 4.72 Å². The molecule has 1 aromatic carbocycles. The highest BCUT2D eigenvalue weighted by Crippen LogP contribution is 2.21. The maximum absolute atomic E-state index is 13.4. The molecule has 0 radical (unpaired) electrons. The molecule has 0 atom stereocenters. The van der Waals surface area contributed by atoms with Crippen LogP contribution in [-0.2, 0) is 10.0 Å². The molecule has 0 aliphatic rings. The van der Waals surface area contributed by atoms with Crippen molar-refractivity contribution in [2.24, 2.45) is 0 Å². The van der Waals surface area contributed by atoms with Gasteiger partial charge in [-0.3, -0.25) is 4.72 Å². The number of carbonyl (C=O) groups is 1. The summed E-state index contributed by atoms with van der Waals surface area (Å²) < 4.78 is 39.4. The summed E-state index contributed by atoms with van der Waals surface area (Å²) in [6.07, 6.45) is 0. The van der Waals surface area contributed by atoms with Gasteiger partial charge in [-0.05, 0) is 29.6 Å². The van der Waals surface area contributed by atoms with E-state index in [1.54, 1.807) is 11.4 Å². The van der Waals surface area contributed by atoms with Crippen LogP contribution in [0.15, 0.2) is 39.9 Å². The van der Waals surface area contributed by atoms with E-state index in [-0.39, 0.29) is 9.90 Å². The van der Waals surface area contributed by atoms with E-state index >= 15 is 0 Å². The van der Waals surface area contributed by atoms with E-state index in [9.17, 15) is 17.6 Å². The largest absolute Gasteiger partial charge is 0.478 e. The summed E-state index contributed by atoms with van der Waals surface area (Å²) in [7, 11) is -3.77. The molecule has 0 amide bonds. The van der Waals surface area contributed by atoms with Crippen molar-refractivity contribution in [1.29, 1.82) is 0 Å². The van der Waals surface area contributed by atoms with E-state index in [1.807, 2.05) is 0 Å². The molecule has 0 fully saturated rings. The highest BCUT2D eigenvalue weighted by molar-refractivity contribution is 7.94. The molecule has 0 spiro atoms. The van der Waals surface area contributed by atoms with Gasteiger partial charge in [-0.25, -0.2) is 17.6 Å². The molecule has 0 aliphatic heterocycles. The fourth-order valence-electron chi connectivity index (χ4n) is 1.37. The Morgan fingerprint density at radius 2 is 2.05 bits per heavy atom. The molecule has 0 unspecified atom stereocenters. The maximum Gasteiger partial charge on any atom is 0.338 e. The standard InChI is InChI=1S/C11H8FNO4S2/c12-9-6-7(3-4-8(9)11(14)15)13-19(16,17)10-2-1-5-18-10/h1-6,13H,(H,14,15). The molecule has 1 heterocycles.